The largest absolute Gasteiger partial charge is 0.290 e. The number of piperazine rings is 1. The Morgan fingerprint density at radius 1 is 0.735 bits per heavy atom. The van der Waals surface area contributed by atoms with Gasteiger partial charge in [0.05, 0.1) is 24.2 Å². The Kier molecular flexibility index (Phi) is 6.22. The van der Waals surface area contributed by atoms with Crippen molar-refractivity contribution < 1.29 is 18.4 Å². The van der Waals surface area contributed by atoms with Crippen LogP contribution in [0.2, 0.25) is 0 Å². The van der Waals surface area contributed by atoms with Gasteiger partial charge in [-0.3, -0.25) is 19.4 Å². The summed E-state index contributed by atoms with van der Waals surface area (Å²) < 4.78 is 27.0. The zero-order chi connectivity index (χ0) is 23.7. The Balaban J connectivity index is 1.31. The third-order valence-electron chi connectivity index (χ3n) is 6.67. The van der Waals surface area contributed by atoms with Crippen molar-refractivity contribution in [2.45, 2.75) is 18.5 Å². The number of imide groups is 1. The Labute approximate surface area is 197 Å². The molecule has 1 atom stereocenters. The van der Waals surface area contributed by atoms with E-state index in [9.17, 15) is 18.4 Å². The molecule has 2 heterocycles. The van der Waals surface area contributed by atoms with Crippen molar-refractivity contribution >= 4 is 17.5 Å². The first-order chi connectivity index (χ1) is 16.5. The van der Waals surface area contributed by atoms with Crippen LogP contribution in [-0.4, -0.2) is 53.8 Å². The van der Waals surface area contributed by atoms with Crippen LogP contribution in [0.1, 0.15) is 23.6 Å². The van der Waals surface area contributed by atoms with E-state index in [0.717, 1.165) is 30.1 Å². The van der Waals surface area contributed by atoms with Crippen LogP contribution >= 0.6 is 0 Å². The molecule has 2 fully saturated rings. The SMILES string of the molecule is O=C1C[C@H](N2CCN(C(c3ccccc3)c3ccccc3)CC2)C(=O)N1c1ccc(F)c(F)c1. The lowest BCUT2D eigenvalue weighted by molar-refractivity contribution is -0.123. The molecule has 0 N–H and O–H groups in total. The molecule has 0 bridgehead atoms. The van der Waals surface area contributed by atoms with Crippen molar-refractivity contribution in [3.63, 3.8) is 0 Å². The van der Waals surface area contributed by atoms with E-state index in [1.165, 1.54) is 17.2 Å². The average Bonchev–Trinajstić information content (AvgIpc) is 3.16. The highest BCUT2D eigenvalue weighted by Crippen LogP contribution is 2.32. The maximum Gasteiger partial charge on any atom is 0.251 e. The molecule has 7 heteroatoms. The minimum absolute atomic E-state index is 0.0403. The summed E-state index contributed by atoms with van der Waals surface area (Å²) in [7, 11) is 0. The molecule has 0 saturated carbocycles. The topological polar surface area (TPSA) is 43.9 Å². The standard InChI is InChI=1S/C27H25F2N3O2/c28-22-12-11-21(17-23(22)29)32-25(33)18-24(27(32)34)30-13-15-31(16-14-30)26(19-7-3-1-4-8-19)20-9-5-2-6-10-20/h1-12,17,24,26H,13-16,18H2/t24-/m0/s1. The van der Waals surface area contributed by atoms with E-state index in [1.807, 2.05) is 41.3 Å². The van der Waals surface area contributed by atoms with E-state index in [2.05, 4.69) is 29.2 Å². The van der Waals surface area contributed by atoms with E-state index in [-0.39, 0.29) is 24.1 Å². The van der Waals surface area contributed by atoms with Crippen molar-refractivity contribution in [1.29, 1.82) is 0 Å². The molecule has 5 rings (SSSR count). The van der Waals surface area contributed by atoms with Crippen molar-refractivity contribution in [1.82, 2.24) is 9.80 Å². The second-order valence-corrected chi connectivity index (χ2v) is 8.68. The lowest BCUT2D eigenvalue weighted by Gasteiger charge is -2.41. The molecule has 0 aliphatic carbocycles. The molecule has 2 saturated heterocycles. The smallest absolute Gasteiger partial charge is 0.251 e. The molecule has 3 aromatic carbocycles. The number of amides is 2. The number of carbonyl (C=O) groups is 2. The predicted molar refractivity (Wildman–Crippen MR) is 125 cm³/mol. The van der Waals surface area contributed by atoms with Gasteiger partial charge in [0.25, 0.3) is 5.91 Å². The summed E-state index contributed by atoms with van der Waals surface area (Å²) in [4.78, 5) is 31.1. The fourth-order valence-electron chi connectivity index (χ4n) is 4.99. The van der Waals surface area contributed by atoms with Gasteiger partial charge in [-0.25, -0.2) is 13.7 Å². The van der Waals surface area contributed by atoms with Gasteiger partial charge in [-0.15, -0.1) is 0 Å². The Hall–Kier alpha value is -3.42. The summed E-state index contributed by atoms with van der Waals surface area (Å²) in [6.07, 6.45) is 0.0403. The number of anilines is 1. The summed E-state index contributed by atoms with van der Waals surface area (Å²) in [5, 5.41) is 0. The predicted octanol–water partition coefficient (Wildman–Crippen LogP) is 4.00. The highest BCUT2D eigenvalue weighted by molar-refractivity contribution is 6.22. The molecule has 3 aromatic rings. The average molecular weight is 462 g/mol. The molecular weight excluding hydrogens is 436 g/mol. The van der Waals surface area contributed by atoms with Crippen LogP contribution in [0.15, 0.2) is 78.9 Å². The molecule has 0 aromatic heterocycles. The van der Waals surface area contributed by atoms with E-state index in [4.69, 9.17) is 0 Å². The maximum absolute atomic E-state index is 13.7. The molecule has 174 valence electrons. The van der Waals surface area contributed by atoms with Crippen LogP contribution in [0.5, 0.6) is 0 Å². The van der Waals surface area contributed by atoms with Crippen LogP contribution in [0.3, 0.4) is 0 Å². The highest BCUT2D eigenvalue weighted by Gasteiger charge is 2.44. The molecular formula is C27H25F2N3O2. The summed E-state index contributed by atoms with van der Waals surface area (Å²) >= 11 is 0. The third kappa shape index (κ3) is 4.24. The summed E-state index contributed by atoms with van der Waals surface area (Å²) in [6.45, 7) is 2.73. The molecule has 5 nitrogen and oxygen atoms in total. The summed E-state index contributed by atoms with van der Waals surface area (Å²) in [5.41, 5.74) is 2.49. The van der Waals surface area contributed by atoms with E-state index < -0.39 is 23.6 Å². The molecule has 0 unspecified atom stereocenters. The second-order valence-electron chi connectivity index (χ2n) is 8.68. The lowest BCUT2D eigenvalue weighted by atomic mass is 9.96. The van der Waals surface area contributed by atoms with Crippen LogP contribution in [-0.2, 0) is 9.59 Å². The van der Waals surface area contributed by atoms with Crippen LogP contribution in [0.4, 0.5) is 14.5 Å². The van der Waals surface area contributed by atoms with Gasteiger partial charge in [-0.2, -0.15) is 0 Å². The van der Waals surface area contributed by atoms with Gasteiger partial charge < -0.3 is 0 Å². The molecule has 0 spiro atoms. The fourth-order valence-corrected chi connectivity index (χ4v) is 4.99. The maximum atomic E-state index is 13.7. The number of benzene rings is 3. The van der Waals surface area contributed by atoms with Gasteiger partial charge in [0, 0.05) is 32.2 Å². The molecule has 34 heavy (non-hydrogen) atoms. The summed E-state index contributed by atoms with van der Waals surface area (Å²) in [5.74, 6) is -2.87. The van der Waals surface area contributed by atoms with Crippen LogP contribution in [0.25, 0.3) is 0 Å². The first-order valence-electron chi connectivity index (χ1n) is 11.4. The number of hydrogen-bond acceptors (Lipinski definition) is 4. The normalized spacial score (nSPS) is 19.9. The van der Waals surface area contributed by atoms with Crippen molar-refractivity contribution in [3.8, 4) is 0 Å². The van der Waals surface area contributed by atoms with E-state index >= 15 is 0 Å². The first-order valence-corrected chi connectivity index (χ1v) is 11.4. The number of halogens is 2. The fraction of sp³-hybridized carbons (Fsp3) is 0.259. The second kappa shape index (κ2) is 9.44. The molecule has 2 amide bonds. The van der Waals surface area contributed by atoms with Gasteiger partial charge in [0.2, 0.25) is 5.91 Å². The Morgan fingerprint density at radius 2 is 1.32 bits per heavy atom. The van der Waals surface area contributed by atoms with Crippen molar-refractivity contribution in [2.24, 2.45) is 0 Å². The zero-order valence-corrected chi connectivity index (χ0v) is 18.6. The summed E-state index contributed by atoms with van der Waals surface area (Å²) in [6, 6.07) is 23.3. The molecule has 2 aliphatic heterocycles. The Bertz CT molecular complexity index is 1140. The first kappa shape index (κ1) is 22.4. The Morgan fingerprint density at radius 3 is 1.88 bits per heavy atom. The quantitative estimate of drug-likeness (QED) is 0.539. The van der Waals surface area contributed by atoms with Gasteiger partial charge in [-0.05, 0) is 23.3 Å². The van der Waals surface area contributed by atoms with Crippen LogP contribution in [0, 0.1) is 11.6 Å². The van der Waals surface area contributed by atoms with Gasteiger partial charge >= 0.3 is 0 Å². The lowest BCUT2D eigenvalue weighted by Crippen LogP contribution is -2.53. The van der Waals surface area contributed by atoms with Crippen molar-refractivity contribution in [2.75, 3.05) is 31.1 Å². The highest BCUT2D eigenvalue weighted by atomic mass is 19.2. The minimum atomic E-state index is -1.08. The minimum Gasteiger partial charge on any atom is -0.290 e. The van der Waals surface area contributed by atoms with Crippen molar-refractivity contribution in [3.05, 3.63) is 102 Å². The number of nitrogens with zero attached hydrogens (tertiary/aromatic N) is 3. The van der Waals surface area contributed by atoms with Gasteiger partial charge in [0.1, 0.15) is 0 Å². The van der Waals surface area contributed by atoms with E-state index in [1.54, 1.807) is 0 Å². The third-order valence-corrected chi connectivity index (χ3v) is 6.67. The number of hydrogen-bond donors (Lipinski definition) is 0. The molecule has 2 aliphatic rings. The van der Waals surface area contributed by atoms with Gasteiger partial charge in [0.15, 0.2) is 11.6 Å². The number of rotatable bonds is 5. The number of carbonyl (C=O) groups excluding carboxylic acids is 2. The monoisotopic (exact) mass is 461 g/mol. The van der Waals surface area contributed by atoms with E-state index in [0.29, 0.717) is 13.1 Å². The molecule has 0 radical (unpaired) electrons. The van der Waals surface area contributed by atoms with Gasteiger partial charge in [-0.1, -0.05) is 60.7 Å². The van der Waals surface area contributed by atoms with Crippen LogP contribution < -0.4 is 4.90 Å². The zero-order valence-electron chi connectivity index (χ0n) is 18.6.